The molecule has 1 aliphatic carbocycles. The van der Waals surface area contributed by atoms with Crippen molar-refractivity contribution >= 4 is 0 Å². The normalized spacial score (nSPS) is 16.4. The SMILES string of the molecule is O=c1cc(C2CCCCC2)oc(-c2ccccc2)n1. The summed E-state index contributed by atoms with van der Waals surface area (Å²) in [6.07, 6.45) is 5.95. The molecular formula is C16H17NO2. The van der Waals surface area contributed by atoms with Gasteiger partial charge in [-0.15, -0.1) is 0 Å². The van der Waals surface area contributed by atoms with Crippen LogP contribution in [0, 0.1) is 0 Å². The summed E-state index contributed by atoms with van der Waals surface area (Å²) >= 11 is 0. The Labute approximate surface area is 112 Å². The molecule has 3 heteroatoms. The van der Waals surface area contributed by atoms with E-state index in [0.29, 0.717) is 11.8 Å². The smallest absolute Gasteiger partial charge is 0.276 e. The maximum absolute atomic E-state index is 11.8. The maximum Gasteiger partial charge on any atom is 0.276 e. The Kier molecular flexibility index (Phi) is 3.45. The van der Waals surface area contributed by atoms with Gasteiger partial charge in [-0.3, -0.25) is 4.79 Å². The van der Waals surface area contributed by atoms with E-state index in [1.807, 2.05) is 30.3 Å². The van der Waals surface area contributed by atoms with Crippen molar-refractivity contribution in [2.24, 2.45) is 0 Å². The second-order valence-electron chi connectivity index (χ2n) is 5.10. The number of rotatable bonds is 2. The van der Waals surface area contributed by atoms with E-state index in [2.05, 4.69) is 4.98 Å². The van der Waals surface area contributed by atoms with Crippen LogP contribution in [0.15, 0.2) is 45.6 Å². The molecule has 1 fully saturated rings. The standard InChI is InChI=1S/C16H17NO2/c18-15-11-14(12-7-3-1-4-8-12)19-16(17-15)13-9-5-2-6-10-13/h2,5-6,9-12H,1,3-4,7-8H2. The highest BCUT2D eigenvalue weighted by atomic mass is 16.3. The largest absolute Gasteiger partial charge is 0.442 e. The minimum atomic E-state index is -0.203. The van der Waals surface area contributed by atoms with Crippen LogP contribution in [0.5, 0.6) is 0 Å². The zero-order valence-electron chi connectivity index (χ0n) is 10.8. The van der Waals surface area contributed by atoms with Gasteiger partial charge in [-0.05, 0) is 25.0 Å². The highest BCUT2D eigenvalue weighted by Crippen LogP contribution is 2.33. The van der Waals surface area contributed by atoms with Gasteiger partial charge in [-0.2, -0.15) is 4.98 Å². The fourth-order valence-electron chi connectivity index (χ4n) is 2.71. The average Bonchev–Trinajstić information content (AvgIpc) is 2.48. The summed E-state index contributed by atoms with van der Waals surface area (Å²) < 4.78 is 5.87. The summed E-state index contributed by atoms with van der Waals surface area (Å²) in [6, 6.07) is 11.2. The molecule has 0 aliphatic heterocycles. The first kappa shape index (κ1) is 12.2. The van der Waals surface area contributed by atoms with Gasteiger partial charge in [0.1, 0.15) is 5.76 Å². The van der Waals surface area contributed by atoms with E-state index < -0.39 is 0 Å². The molecule has 1 heterocycles. The lowest BCUT2D eigenvalue weighted by Crippen LogP contribution is -2.12. The number of hydrogen-bond donors (Lipinski definition) is 0. The Bertz CT molecular complexity index is 598. The third kappa shape index (κ3) is 2.75. The Balaban J connectivity index is 1.98. The van der Waals surface area contributed by atoms with Gasteiger partial charge < -0.3 is 4.42 Å². The van der Waals surface area contributed by atoms with E-state index in [4.69, 9.17) is 4.42 Å². The molecule has 0 amide bonds. The molecule has 3 rings (SSSR count). The van der Waals surface area contributed by atoms with Gasteiger partial charge in [0.25, 0.3) is 5.56 Å². The van der Waals surface area contributed by atoms with Crippen molar-refractivity contribution in [2.45, 2.75) is 38.0 Å². The summed E-state index contributed by atoms with van der Waals surface area (Å²) in [5, 5.41) is 0. The van der Waals surface area contributed by atoms with Crippen molar-refractivity contribution < 1.29 is 4.42 Å². The van der Waals surface area contributed by atoms with E-state index in [-0.39, 0.29) is 5.56 Å². The van der Waals surface area contributed by atoms with Gasteiger partial charge in [0, 0.05) is 17.5 Å². The van der Waals surface area contributed by atoms with Crippen LogP contribution in [0.1, 0.15) is 43.8 Å². The molecule has 0 radical (unpaired) electrons. The molecule has 3 nitrogen and oxygen atoms in total. The van der Waals surface area contributed by atoms with Gasteiger partial charge in [0.15, 0.2) is 0 Å². The number of benzene rings is 1. The lowest BCUT2D eigenvalue weighted by Gasteiger charge is -2.20. The van der Waals surface area contributed by atoms with Crippen molar-refractivity contribution in [1.29, 1.82) is 0 Å². The number of hydrogen-bond acceptors (Lipinski definition) is 3. The Hall–Kier alpha value is -1.90. The molecule has 0 bridgehead atoms. The van der Waals surface area contributed by atoms with Crippen LogP contribution in [0.3, 0.4) is 0 Å². The molecule has 1 aliphatic rings. The van der Waals surface area contributed by atoms with Gasteiger partial charge in [0.2, 0.25) is 5.89 Å². The Morgan fingerprint density at radius 1 is 1.05 bits per heavy atom. The molecule has 0 saturated heterocycles. The molecule has 1 saturated carbocycles. The molecule has 1 aromatic heterocycles. The van der Waals surface area contributed by atoms with Crippen LogP contribution < -0.4 is 5.56 Å². The molecule has 19 heavy (non-hydrogen) atoms. The lowest BCUT2D eigenvalue weighted by molar-refractivity contribution is 0.366. The first-order valence-electron chi connectivity index (χ1n) is 6.90. The number of nitrogens with zero attached hydrogens (tertiary/aromatic N) is 1. The first-order valence-corrected chi connectivity index (χ1v) is 6.90. The van der Waals surface area contributed by atoms with Crippen LogP contribution in [0.4, 0.5) is 0 Å². The van der Waals surface area contributed by atoms with Crippen LogP contribution >= 0.6 is 0 Å². The summed E-state index contributed by atoms with van der Waals surface area (Å²) in [4.78, 5) is 15.7. The highest BCUT2D eigenvalue weighted by Gasteiger charge is 2.19. The molecule has 0 spiro atoms. The van der Waals surface area contributed by atoms with E-state index in [1.54, 1.807) is 6.07 Å². The maximum atomic E-state index is 11.8. The predicted molar refractivity (Wildman–Crippen MR) is 74.0 cm³/mol. The molecule has 1 aromatic carbocycles. The van der Waals surface area contributed by atoms with Gasteiger partial charge in [0.05, 0.1) is 0 Å². The third-order valence-corrected chi connectivity index (χ3v) is 3.72. The molecule has 2 aromatic rings. The molecule has 0 N–H and O–H groups in total. The summed E-state index contributed by atoms with van der Waals surface area (Å²) in [5.41, 5.74) is 0.655. The summed E-state index contributed by atoms with van der Waals surface area (Å²) in [5.74, 6) is 1.62. The molecule has 0 atom stereocenters. The van der Waals surface area contributed by atoms with Crippen LogP contribution in [-0.2, 0) is 0 Å². The fraction of sp³-hybridized carbons (Fsp3) is 0.375. The van der Waals surface area contributed by atoms with Crippen LogP contribution in [0.2, 0.25) is 0 Å². The minimum Gasteiger partial charge on any atom is -0.442 e. The molecule has 0 unspecified atom stereocenters. The van der Waals surface area contributed by atoms with Gasteiger partial charge >= 0.3 is 0 Å². The second kappa shape index (κ2) is 5.39. The third-order valence-electron chi connectivity index (χ3n) is 3.72. The van der Waals surface area contributed by atoms with E-state index in [1.165, 1.54) is 19.3 Å². The number of aromatic nitrogens is 1. The van der Waals surface area contributed by atoms with Crippen molar-refractivity contribution in [3.05, 3.63) is 52.5 Å². The quantitative estimate of drug-likeness (QED) is 0.820. The highest BCUT2D eigenvalue weighted by molar-refractivity contribution is 5.52. The van der Waals surface area contributed by atoms with Crippen molar-refractivity contribution in [3.63, 3.8) is 0 Å². The van der Waals surface area contributed by atoms with E-state index in [0.717, 1.165) is 24.2 Å². The predicted octanol–water partition coefficient (Wildman–Crippen LogP) is 3.75. The zero-order chi connectivity index (χ0) is 13.1. The minimum absolute atomic E-state index is 0.203. The van der Waals surface area contributed by atoms with Crippen molar-refractivity contribution in [3.8, 4) is 11.5 Å². The fourth-order valence-corrected chi connectivity index (χ4v) is 2.71. The summed E-state index contributed by atoms with van der Waals surface area (Å²) in [6.45, 7) is 0. The van der Waals surface area contributed by atoms with Gasteiger partial charge in [-0.25, -0.2) is 0 Å². The van der Waals surface area contributed by atoms with Crippen molar-refractivity contribution in [2.75, 3.05) is 0 Å². The first-order chi connectivity index (χ1) is 9.33. The van der Waals surface area contributed by atoms with Crippen molar-refractivity contribution in [1.82, 2.24) is 4.98 Å². The topological polar surface area (TPSA) is 43.1 Å². The average molecular weight is 255 g/mol. The zero-order valence-corrected chi connectivity index (χ0v) is 10.8. The monoisotopic (exact) mass is 255 g/mol. The van der Waals surface area contributed by atoms with Crippen LogP contribution in [0.25, 0.3) is 11.5 Å². The molecular weight excluding hydrogens is 238 g/mol. The van der Waals surface area contributed by atoms with Gasteiger partial charge in [-0.1, -0.05) is 37.5 Å². The molecule has 98 valence electrons. The van der Waals surface area contributed by atoms with E-state index in [9.17, 15) is 4.79 Å². The Morgan fingerprint density at radius 2 is 1.79 bits per heavy atom. The second-order valence-corrected chi connectivity index (χ2v) is 5.10. The summed E-state index contributed by atoms with van der Waals surface area (Å²) in [7, 11) is 0. The Morgan fingerprint density at radius 3 is 2.53 bits per heavy atom. The van der Waals surface area contributed by atoms with E-state index >= 15 is 0 Å². The lowest BCUT2D eigenvalue weighted by atomic mass is 9.87. The van der Waals surface area contributed by atoms with Crippen LogP contribution in [-0.4, -0.2) is 4.98 Å².